The van der Waals surface area contributed by atoms with Gasteiger partial charge in [-0.2, -0.15) is 0 Å². The number of carbonyl (C=O) groups is 1. The number of likely N-dealkylation sites (N-methyl/N-ethyl adjacent to an activating group) is 1. The number of amides is 1. The molecule has 1 aliphatic heterocycles. The van der Waals surface area contributed by atoms with Gasteiger partial charge in [0.1, 0.15) is 24.2 Å². The summed E-state index contributed by atoms with van der Waals surface area (Å²) in [5, 5.41) is 1.84. The monoisotopic (exact) mass is 665 g/mol. The van der Waals surface area contributed by atoms with Crippen LogP contribution < -0.4 is 29.1 Å². The second kappa shape index (κ2) is 13.9. The van der Waals surface area contributed by atoms with Crippen molar-refractivity contribution in [2.45, 2.75) is 33.4 Å². The molecule has 0 saturated carbocycles. The maximum atomic E-state index is 14.4. The average molecular weight is 666 g/mol. The Kier molecular flexibility index (Phi) is 9.45. The normalized spacial score (nSPS) is 14.5. The lowest BCUT2D eigenvalue weighted by molar-refractivity contribution is -0.127. The largest absolute Gasteiger partial charge is 0.496 e. The fourth-order valence-electron chi connectivity index (χ4n) is 6.10. The highest BCUT2D eigenvalue weighted by Gasteiger charge is 2.36. The van der Waals surface area contributed by atoms with Crippen LogP contribution in [0, 0.1) is 5.82 Å². The molecule has 1 amide bonds. The number of ether oxygens (including phenoxy) is 3. The average Bonchev–Trinajstić information content (AvgIpc) is 3.40. The minimum atomic E-state index is -0.777. The van der Waals surface area contributed by atoms with Gasteiger partial charge in [-0.05, 0) is 67.4 Å². The molecule has 0 aliphatic carbocycles. The summed E-state index contributed by atoms with van der Waals surface area (Å²) in [5.74, 6) is 0.932. The standard InChI is InChI=1S/C38H36FN3O5S/c1-6-41(7-2)37(44)33-23(3)40-38-42(35(33)34-27-14-10-8-12-25(27)17-19-30(34)45-4)36(43)32(48-38)21-24-16-18-29(31(20-24)46-5)47-22-26-13-9-11-15-28(26)39/h8-21,35H,6-7,22H2,1-5H3/b32-21+/t35-/m0/s1. The Balaban J connectivity index is 1.49. The van der Waals surface area contributed by atoms with Crippen molar-refractivity contribution in [3.8, 4) is 17.2 Å². The van der Waals surface area contributed by atoms with Crippen LogP contribution >= 0.6 is 11.3 Å². The number of benzene rings is 4. The van der Waals surface area contributed by atoms with Crippen molar-refractivity contribution in [1.29, 1.82) is 0 Å². The Bertz CT molecular complexity index is 2240. The van der Waals surface area contributed by atoms with Gasteiger partial charge in [0.05, 0.1) is 30.0 Å². The number of hydrogen-bond donors (Lipinski definition) is 0. The minimum absolute atomic E-state index is 0.0342. The molecule has 1 aromatic heterocycles. The Morgan fingerprint density at radius 2 is 1.67 bits per heavy atom. The van der Waals surface area contributed by atoms with Crippen LogP contribution in [0.1, 0.15) is 43.5 Å². The van der Waals surface area contributed by atoms with Gasteiger partial charge in [-0.3, -0.25) is 14.2 Å². The highest BCUT2D eigenvalue weighted by atomic mass is 32.1. The summed E-state index contributed by atoms with van der Waals surface area (Å²) in [4.78, 5) is 35.7. The van der Waals surface area contributed by atoms with E-state index in [2.05, 4.69) is 0 Å². The van der Waals surface area contributed by atoms with E-state index in [1.165, 1.54) is 24.5 Å². The maximum Gasteiger partial charge on any atom is 0.271 e. The Labute approximate surface area is 281 Å². The smallest absolute Gasteiger partial charge is 0.271 e. The van der Waals surface area contributed by atoms with E-state index in [0.717, 1.165) is 16.3 Å². The van der Waals surface area contributed by atoms with Crippen LogP contribution in [0.15, 0.2) is 99.9 Å². The molecule has 0 bridgehead atoms. The van der Waals surface area contributed by atoms with E-state index in [1.807, 2.05) is 63.2 Å². The number of hydrogen-bond acceptors (Lipinski definition) is 7. The quantitative estimate of drug-likeness (QED) is 0.183. The van der Waals surface area contributed by atoms with E-state index in [4.69, 9.17) is 19.2 Å². The molecule has 246 valence electrons. The zero-order chi connectivity index (χ0) is 33.9. The van der Waals surface area contributed by atoms with Gasteiger partial charge in [0.2, 0.25) is 0 Å². The Morgan fingerprint density at radius 1 is 0.958 bits per heavy atom. The predicted molar refractivity (Wildman–Crippen MR) is 186 cm³/mol. The highest BCUT2D eigenvalue weighted by Crippen LogP contribution is 2.40. The predicted octanol–water partition coefficient (Wildman–Crippen LogP) is 5.99. The van der Waals surface area contributed by atoms with Crippen molar-refractivity contribution in [3.05, 3.63) is 132 Å². The molecule has 5 aromatic rings. The third-order valence-electron chi connectivity index (χ3n) is 8.55. The molecule has 0 unspecified atom stereocenters. The van der Waals surface area contributed by atoms with E-state index in [0.29, 0.717) is 62.1 Å². The first kappa shape index (κ1) is 32.7. The van der Waals surface area contributed by atoms with E-state index in [-0.39, 0.29) is 23.9 Å². The van der Waals surface area contributed by atoms with E-state index in [1.54, 1.807) is 53.0 Å². The molecule has 0 spiro atoms. The number of halogens is 1. The molecule has 0 saturated heterocycles. The van der Waals surface area contributed by atoms with E-state index < -0.39 is 6.04 Å². The SMILES string of the molecule is CCN(CC)C(=O)C1=C(C)N=c2s/c(=C/c3ccc(OCc4ccccc4F)c(OC)c3)c(=O)n2[C@@H]1c1c(OC)ccc2ccccc12. The summed E-state index contributed by atoms with van der Waals surface area (Å²) in [5.41, 5.74) is 2.56. The van der Waals surface area contributed by atoms with Gasteiger partial charge >= 0.3 is 0 Å². The fourth-order valence-corrected chi connectivity index (χ4v) is 7.15. The molecule has 1 atom stereocenters. The minimum Gasteiger partial charge on any atom is -0.496 e. The molecule has 0 N–H and O–H groups in total. The van der Waals surface area contributed by atoms with Crippen molar-refractivity contribution in [1.82, 2.24) is 9.47 Å². The van der Waals surface area contributed by atoms with Crippen LogP contribution in [-0.2, 0) is 11.4 Å². The summed E-state index contributed by atoms with van der Waals surface area (Å²) < 4.78 is 33.6. The summed E-state index contributed by atoms with van der Waals surface area (Å²) in [6.07, 6.45) is 1.77. The van der Waals surface area contributed by atoms with Crippen LogP contribution in [0.5, 0.6) is 17.2 Å². The first-order valence-corrected chi connectivity index (χ1v) is 16.5. The molecule has 2 heterocycles. The lowest BCUT2D eigenvalue weighted by Crippen LogP contribution is -2.43. The summed E-state index contributed by atoms with van der Waals surface area (Å²) in [6, 6.07) is 22.7. The maximum absolute atomic E-state index is 14.4. The van der Waals surface area contributed by atoms with Gasteiger partial charge in [0, 0.05) is 24.2 Å². The molecule has 0 fully saturated rings. The van der Waals surface area contributed by atoms with Gasteiger partial charge in [-0.1, -0.05) is 65.9 Å². The first-order valence-electron chi connectivity index (χ1n) is 15.7. The first-order chi connectivity index (χ1) is 23.3. The topological polar surface area (TPSA) is 82.4 Å². The van der Waals surface area contributed by atoms with Crippen molar-refractivity contribution in [2.75, 3.05) is 27.3 Å². The number of methoxy groups -OCH3 is 2. The number of nitrogens with zero attached hydrogens (tertiary/aromatic N) is 3. The van der Waals surface area contributed by atoms with Gasteiger partial charge in [-0.25, -0.2) is 9.38 Å². The van der Waals surface area contributed by atoms with Gasteiger partial charge in [0.15, 0.2) is 16.3 Å². The molecule has 1 aliphatic rings. The van der Waals surface area contributed by atoms with Crippen molar-refractivity contribution >= 4 is 34.1 Å². The molecule has 48 heavy (non-hydrogen) atoms. The lowest BCUT2D eigenvalue weighted by atomic mass is 9.90. The molecule has 10 heteroatoms. The van der Waals surface area contributed by atoms with Crippen LogP contribution in [0.4, 0.5) is 4.39 Å². The second-order valence-electron chi connectivity index (χ2n) is 11.3. The van der Waals surface area contributed by atoms with E-state index >= 15 is 0 Å². The van der Waals surface area contributed by atoms with Crippen molar-refractivity contribution in [3.63, 3.8) is 0 Å². The van der Waals surface area contributed by atoms with Gasteiger partial charge < -0.3 is 19.1 Å². The second-order valence-corrected chi connectivity index (χ2v) is 12.3. The van der Waals surface area contributed by atoms with Crippen LogP contribution in [-0.4, -0.2) is 42.7 Å². The molecule has 8 nitrogen and oxygen atoms in total. The van der Waals surface area contributed by atoms with Crippen LogP contribution in [0.2, 0.25) is 0 Å². The third-order valence-corrected chi connectivity index (χ3v) is 9.54. The summed E-state index contributed by atoms with van der Waals surface area (Å²) >= 11 is 1.25. The van der Waals surface area contributed by atoms with Crippen molar-refractivity contribution in [2.24, 2.45) is 4.99 Å². The molecule has 6 rings (SSSR count). The molecule has 4 aromatic carbocycles. The zero-order valence-electron chi connectivity index (χ0n) is 27.5. The highest BCUT2D eigenvalue weighted by molar-refractivity contribution is 7.07. The molecular formula is C38H36FN3O5S. The van der Waals surface area contributed by atoms with Crippen LogP contribution in [0.3, 0.4) is 0 Å². The van der Waals surface area contributed by atoms with Crippen LogP contribution in [0.25, 0.3) is 16.8 Å². The Hall–Kier alpha value is -5.22. The van der Waals surface area contributed by atoms with Gasteiger partial charge in [0.25, 0.3) is 11.5 Å². The molecular weight excluding hydrogens is 629 g/mol. The van der Waals surface area contributed by atoms with E-state index in [9.17, 15) is 14.0 Å². The number of fused-ring (bicyclic) bond motifs is 2. The zero-order valence-corrected chi connectivity index (χ0v) is 28.3. The summed E-state index contributed by atoms with van der Waals surface area (Å²) in [7, 11) is 3.12. The number of aromatic nitrogens is 1. The third kappa shape index (κ3) is 5.99. The van der Waals surface area contributed by atoms with Gasteiger partial charge in [-0.15, -0.1) is 0 Å². The fraction of sp³-hybridized carbons (Fsp3) is 0.237. The number of allylic oxidation sites excluding steroid dienone is 1. The van der Waals surface area contributed by atoms with Crippen molar-refractivity contribution < 1.29 is 23.4 Å². The lowest BCUT2D eigenvalue weighted by Gasteiger charge is -2.30. The number of thiazole rings is 1. The number of rotatable bonds is 10. The molecule has 0 radical (unpaired) electrons. The Morgan fingerprint density at radius 3 is 2.40 bits per heavy atom. The number of carbonyl (C=O) groups excluding carboxylic acids is 1. The summed E-state index contributed by atoms with van der Waals surface area (Å²) in [6.45, 7) is 6.75.